The van der Waals surface area contributed by atoms with Crippen LogP contribution in [0.15, 0.2) is 30.3 Å². The zero-order chi connectivity index (χ0) is 20.2. The van der Waals surface area contributed by atoms with E-state index in [2.05, 4.69) is 25.8 Å². The summed E-state index contributed by atoms with van der Waals surface area (Å²) in [6, 6.07) is 9.76. The molecule has 154 valence electrons. The monoisotopic (exact) mass is 397 g/mol. The Hall–Kier alpha value is -2.87. The number of piperazine rings is 1. The second-order valence-corrected chi connectivity index (χ2v) is 7.25. The van der Waals surface area contributed by atoms with Crippen LogP contribution in [0.2, 0.25) is 0 Å². The lowest BCUT2D eigenvalue weighted by atomic mass is 10.2. The van der Waals surface area contributed by atoms with Crippen molar-refractivity contribution in [1.82, 2.24) is 14.9 Å². The Kier molecular flexibility index (Phi) is 5.80. The van der Waals surface area contributed by atoms with Gasteiger partial charge < -0.3 is 24.2 Å². The molecule has 2 aromatic rings. The molecular weight excluding hydrogens is 370 g/mol. The molecule has 2 aliphatic rings. The zero-order valence-electron chi connectivity index (χ0n) is 17.0. The van der Waals surface area contributed by atoms with Gasteiger partial charge in [-0.25, -0.2) is 9.97 Å². The van der Waals surface area contributed by atoms with Crippen LogP contribution < -0.4 is 14.5 Å². The van der Waals surface area contributed by atoms with Crippen molar-refractivity contribution >= 4 is 17.5 Å². The van der Waals surface area contributed by atoms with E-state index in [4.69, 9.17) is 9.47 Å². The lowest BCUT2D eigenvalue weighted by Crippen LogP contribution is -2.49. The summed E-state index contributed by atoms with van der Waals surface area (Å²) in [5.41, 5.74) is 2.33. The number of ether oxygens (including phenoxy) is 2. The SMILES string of the molecule is COc1ccccc1N1CCN(C(=O)c2cc(C)nc(N3CCOCC3)n2)CC1. The van der Waals surface area contributed by atoms with E-state index < -0.39 is 0 Å². The van der Waals surface area contributed by atoms with Gasteiger partial charge in [-0.2, -0.15) is 0 Å². The van der Waals surface area contributed by atoms with Crippen molar-refractivity contribution in [2.75, 3.05) is 69.4 Å². The summed E-state index contributed by atoms with van der Waals surface area (Å²) in [6.07, 6.45) is 0. The quantitative estimate of drug-likeness (QED) is 0.776. The maximum atomic E-state index is 13.1. The number of benzene rings is 1. The van der Waals surface area contributed by atoms with E-state index in [0.29, 0.717) is 37.9 Å². The summed E-state index contributed by atoms with van der Waals surface area (Å²) in [5.74, 6) is 1.43. The topological polar surface area (TPSA) is 71.0 Å². The van der Waals surface area contributed by atoms with Gasteiger partial charge in [-0.05, 0) is 25.1 Å². The number of aryl methyl sites for hydroxylation is 1. The zero-order valence-corrected chi connectivity index (χ0v) is 17.0. The first kappa shape index (κ1) is 19.4. The molecule has 3 heterocycles. The number of rotatable bonds is 4. The molecule has 4 rings (SSSR count). The van der Waals surface area contributed by atoms with Crippen molar-refractivity contribution in [2.24, 2.45) is 0 Å². The fourth-order valence-corrected chi connectivity index (χ4v) is 3.77. The smallest absolute Gasteiger partial charge is 0.272 e. The molecular formula is C21H27N5O3. The number of morpholine rings is 1. The Morgan fingerprint density at radius 2 is 1.72 bits per heavy atom. The highest BCUT2D eigenvalue weighted by Gasteiger charge is 2.26. The van der Waals surface area contributed by atoms with Gasteiger partial charge in [0.25, 0.3) is 5.91 Å². The predicted molar refractivity (Wildman–Crippen MR) is 111 cm³/mol. The molecule has 0 saturated carbocycles. The fourth-order valence-electron chi connectivity index (χ4n) is 3.77. The molecule has 1 aromatic heterocycles. The van der Waals surface area contributed by atoms with Crippen LogP contribution in [0.25, 0.3) is 0 Å². The van der Waals surface area contributed by atoms with Crippen LogP contribution in [0.4, 0.5) is 11.6 Å². The number of anilines is 2. The summed E-state index contributed by atoms with van der Waals surface area (Å²) in [4.78, 5) is 28.4. The third-order valence-corrected chi connectivity index (χ3v) is 5.35. The number of para-hydroxylation sites is 2. The molecule has 1 aromatic carbocycles. The van der Waals surface area contributed by atoms with Gasteiger partial charge in [-0.3, -0.25) is 4.79 Å². The third-order valence-electron chi connectivity index (χ3n) is 5.35. The Bertz CT molecular complexity index is 861. The van der Waals surface area contributed by atoms with Gasteiger partial charge in [0, 0.05) is 45.0 Å². The summed E-state index contributed by atoms with van der Waals surface area (Å²) in [7, 11) is 1.68. The third kappa shape index (κ3) is 4.27. The highest BCUT2D eigenvalue weighted by Crippen LogP contribution is 2.28. The molecule has 0 unspecified atom stereocenters. The number of methoxy groups -OCH3 is 1. The first-order valence-corrected chi connectivity index (χ1v) is 10.0. The van der Waals surface area contributed by atoms with Crippen LogP contribution in [0.5, 0.6) is 5.75 Å². The summed E-state index contributed by atoms with van der Waals surface area (Å²) in [5, 5.41) is 0. The van der Waals surface area contributed by atoms with Gasteiger partial charge in [-0.15, -0.1) is 0 Å². The van der Waals surface area contributed by atoms with Crippen molar-refractivity contribution in [1.29, 1.82) is 0 Å². The second-order valence-electron chi connectivity index (χ2n) is 7.25. The molecule has 0 aliphatic carbocycles. The molecule has 0 spiro atoms. The van der Waals surface area contributed by atoms with Crippen molar-refractivity contribution < 1.29 is 14.3 Å². The maximum absolute atomic E-state index is 13.1. The van der Waals surface area contributed by atoms with E-state index in [0.717, 1.165) is 43.3 Å². The van der Waals surface area contributed by atoms with Crippen LogP contribution in [-0.4, -0.2) is 80.4 Å². The standard InChI is InChI=1S/C21H27N5O3/c1-16-15-17(23-21(22-16)26-11-13-29-14-12-26)20(27)25-9-7-24(8-10-25)18-5-3-4-6-19(18)28-2/h3-6,15H,7-14H2,1-2H3. The van der Waals surface area contributed by atoms with Gasteiger partial charge in [0.1, 0.15) is 11.4 Å². The van der Waals surface area contributed by atoms with Gasteiger partial charge in [0.2, 0.25) is 5.95 Å². The van der Waals surface area contributed by atoms with Crippen molar-refractivity contribution in [2.45, 2.75) is 6.92 Å². The van der Waals surface area contributed by atoms with Gasteiger partial charge in [0.15, 0.2) is 0 Å². The lowest BCUT2D eigenvalue weighted by Gasteiger charge is -2.36. The molecule has 2 aliphatic heterocycles. The number of carbonyl (C=O) groups excluding carboxylic acids is 1. The van der Waals surface area contributed by atoms with Gasteiger partial charge in [-0.1, -0.05) is 12.1 Å². The normalized spacial score (nSPS) is 17.4. The molecule has 2 fully saturated rings. The molecule has 0 bridgehead atoms. The molecule has 0 N–H and O–H groups in total. The molecule has 8 nitrogen and oxygen atoms in total. The predicted octanol–water partition coefficient (Wildman–Crippen LogP) is 1.59. The fraction of sp³-hybridized carbons (Fsp3) is 0.476. The maximum Gasteiger partial charge on any atom is 0.272 e. The number of amides is 1. The highest BCUT2D eigenvalue weighted by atomic mass is 16.5. The van der Waals surface area contributed by atoms with Gasteiger partial charge >= 0.3 is 0 Å². The van der Waals surface area contributed by atoms with Crippen LogP contribution >= 0.6 is 0 Å². The highest BCUT2D eigenvalue weighted by molar-refractivity contribution is 5.93. The minimum Gasteiger partial charge on any atom is -0.495 e. The molecule has 8 heteroatoms. The van der Waals surface area contributed by atoms with E-state index in [9.17, 15) is 4.79 Å². The number of hydrogen-bond donors (Lipinski definition) is 0. The van der Waals surface area contributed by atoms with Gasteiger partial charge in [0.05, 0.1) is 26.0 Å². The second kappa shape index (κ2) is 8.65. The summed E-state index contributed by atoms with van der Waals surface area (Å²) >= 11 is 0. The van der Waals surface area contributed by atoms with E-state index in [1.54, 1.807) is 13.2 Å². The van der Waals surface area contributed by atoms with Crippen molar-refractivity contribution in [3.63, 3.8) is 0 Å². The van der Waals surface area contributed by atoms with Crippen LogP contribution in [0.1, 0.15) is 16.2 Å². The Labute approximate surface area is 171 Å². The molecule has 0 radical (unpaired) electrons. The number of hydrogen-bond acceptors (Lipinski definition) is 7. The van der Waals surface area contributed by atoms with E-state index in [1.807, 2.05) is 30.0 Å². The van der Waals surface area contributed by atoms with E-state index in [1.165, 1.54) is 0 Å². The van der Waals surface area contributed by atoms with Crippen molar-refractivity contribution in [3.8, 4) is 5.75 Å². The number of aromatic nitrogens is 2. The molecule has 1 amide bonds. The molecule has 0 atom stereocenters. The number of carbonyl (C=O) groups is 1. The summed E-state index contributed by atoms with van der Waals surface area (Å²) < 4.78 is 10.9. The first-order chi connectivity index (χ1) is 14.2. The minimum atomic E-state index is -0.0373. The Balaban J connectivity index is 1.45. The minimum absolute atomic E-state index is 0.0373. The van der Waals surface area contributed by atoms with Crippen molar-refractivity contribution in [3.05, 3.63) is 41.7 Å². The van der Waals surface area contributed by atoms with Crippen LogP contribution in [0.3, 0.4) is 0 Å². The van der Waals surface area contributed by atoms with Crippen LogP contribution in [-0.2, 0) is 4.74 Å². The Morgan fingerprint density at radius 3 is 2.45 bits per heavy atom. The lowest BCUT2D eigenvalue weighted by molar-refractivity contribution is 0.0740. The molecule has 2 saturated heterocycles. The van der Waals surface area contributed by atoms with E-state index >= 15 is 0 Å². The average Bonchev–Trinajstić information content (AvgIpc) is 2.79. The average molecular weight is 397 g/mol. The number of nitrogens with zero attached hydrogens (tertiary/aromatic N) is 5. The Morgan fingerprint density at radius 1 is 1.00 bits per heavy atom. The van der Waals surface area contributed by atoms with E-state index in [-0.39, 0.29) is 5.91 Å². The molecule has 29 heavy (non-hydrogen) atoms. The summed E-state index contributed by atoms with van der Waals surface area (Å²) in [6.45, 7) is 7.51. The first-order valence-electron chi connectivity index (χ1n) is 10.0. The largest absolute Gasteiger partial charge is 0.495 e. The van der Waals surface area contributed by atoms with Crippen LogP contribution in [0, 0.1) is 6.92 Å².